The maximum atomic E-state index is 5.70. The molecule has 0 unspecified atom stereocenters. The molecule has 0 spiro atoms. The van der Waals surface area contributed by atoms with Gasteiger partial charge in [0.05, 0.1) is 12.7 Å². The first-order valence-corrected chi connectivity index (χ1v) is 3.91. The zero-order chi connectivity index (χ0) is 7.84. The van der Waals surface area contributed by atoms with Gasteiger partial charge in [0.15, 0.2) is 0 Å². The van der Waals surface area contributed by atoms with Gasteiger partial charge in [0.25, 0.3) is 0 Å². The fourth-order valence-corrected chi connectivity index (χ4v) is 1.45. The molecular formula is C8H8ClNO. The van der Waals surface area contributed by atoms with Crippen molar-refractivity contribution in [1.82, 2.24) is 4.98 Å². The van der Waals surface area contributed by atoms with Crippen LogP contribution in [0.3, 0.4) is 0 Å². The third-order valence-corrected chi connectivity index (χ3v) is 2.12. The van der Waals surface area contributed by atoms with E-state index in [1.165, 1.54) is 0 Å². The molecule has 2 nitrogen and oxygen atoms in total. The molecule has 1 atom stereocenters. The van der Waals surface area contributed by atoms with E-state index in [1.807, 2.05) is 13.0 Å². The summed E-state index contributed by atoms with van der Waals surface area (Å²) in [6, 6.07) is 1.86. The zero-order valence-corrected chi connectivity index (χ0v) is 6.93. The molecule has 2 heterocycles. The van der Waals surface area contributed by atoms with Crippen LogP contribution in [0.15, 0.2) is 12.3 Å². The van der Waals surface area contributed by atoms with E-state index < -0.39 is 0 Å². The monoisotopic (exact) mass is 169 g/mol. The van der Waals surface area contributed by atoms with E-state index in [4.69, 9.17) is 16.3 Å². The van der Waals surface area contributed by atoms with Crippen LogP contribution in [-0.2, 0) is 11.3 Å². The van der Waals surface area contributed by atoms with Crippen LogP contribution in [-0.4, -0.2) is 4.98 Å². The van der Waals surface area contributed by atoms with Crippen LogP contribution in [0.4, 0.5) is 0 Å². The summed E-state index contributed by atoms with van der Waals surface area (Å²) in [5.41, 5.74) is 2.33. The molecule has 0 radical (unpaired) electrons. The quantitative estimate of drug-likeness (QED) is 0.556. The van der Waals surface area contributed by atoms with Crippen molar-refractivity contribution in [2.24, 2.45) is 0 Å². The first-order valence-electron chi connectivity index (χ1n) is 3.53. The molecule has 0 bridgehead atoms. The van der Waals surface area contributed by atoms with Crippen molar-refractivity contribution in [2.45, 2.75) is 19.6 Å². The van der Waals surface area contributed by atoms with Gasteiger partial charge in [-0.25, -0.2) is 4.98 Å². The number of halogens is 1. The molecular weight excluding hydrogens is 162 g/mol. The molecule has 1 aromatic rings. The summed E-state index contributed by atoms with van der Waals surface area (Å²) in [5, 5.41) is 0.543. The van der Waals surface area contributed by atoms with Crippen molar-refractivity contribution < 1.29 is 4.74 Å². The highest BCUT2D eigenvalue weighted by Crippen LogP contribution is 2.30. The van der Waals surface area contributed by atoms with E-state index in [-0.39, 0.29) is 6.10 Å². The van der Waals surface area contributed by atoms with Gasteiger partial charge in [0, 0.05) is 11.8 Å². The Morgan fingerprint density at radius 3 is 3.36 bits per heavy atom. The summed E-state index contributed by atoms with van der Waals surface area (Å²) in [7, 11) is 0. The van der Waals surface area contributed by atoms with Gasteiger partial charge < -0.3 is 4.74 Å². The summed E-state index contributed by atoms with van der Waals surface area (Å²) in [5.74, 6) is 0. The fourth-order valence-electron chi connectivity index (χ4n) is 1.27. The highest BCUT2D eigenvalue weighted by Gasteiger charge is 2.19. The Labute approximate surface area is 70.2 Å². The lowest BCUT2D eigenvalue weighted by atomic mass is 10.1. The van der Waals surface area contributed by atoms with Gasteiger partial charge in [-0.1, -0.05) is 11.6 Å². The molecule has 0 N–H and O–H groups in total. The lowest BCUT2D eigenvalue weighted by molar-refractivity contribution is 0.0795. The average Bonchev–Trinajstić information content (AvgIpc) is 2.32. The first kappa shape index (κ1) is 7.07. The maximum Gasteiger partial charge on any atom is 0.129 e. The van der Waals surface area contributed by atoms with Crippen LogP contribution in [0, 0.1) is 0 Å². The Hall–Kier alpha value is -0.600. The van der Waals surface area contributed by atoms with Gasteiger partial charge in [-0.3, -0.25) is 0 Å². The zero-order valence-electron chi connectivity index (χ0n) is 6.17. The summed E-state index contributed by atoms with van der Waals surface area (Å²) in [6.07, 6.45) is 1.96. The summed E-state index contributed by atoms with van der Waals surface area (Å²) >= 11 is 5.70. The predicted octanol–water partition coefficient (Wildman–Crippen LogP) is 2.33. The Morgan fingerprint density at radius 2 is 2.55 bits per heavy atom. The molecule has 0 saturated carbocycles. The minimum atomic E-state index is 0.176. The van der Waals surface area contributed by atoms with Gasteiger partial charge in [-0.15, -0.1) is 0 Å². The predicted molar refractivity (Wildman–Crippen MR) is 42.5 cm³/mol. The number of rotatable bonds is 0. The molecule has 2 rings (SSSR count). The van der Waals surface area contributed by atoms with Crippen LogP contribution in [0.1, 0.15) is 24.2 Å². The lowest BCUT2D eigenvalue weighted by Crippen LogP contribution is -1.88. The van der Waals surface area contributed by atoms with Crippen molar-refractivity contribution in [3.8, 4) is 0 Å². The van der Waals surface area contributed by atoms with Gasteiger partial charge >= 0.3 is 0 Å². The van der Waals surface area contributed by atoms with Gasteiger partial charge in [0.2, 0.25) is 0 Å². The van der Waals surface area contributed by atoms with Crippen LogP contribution in [0.5, 0.6) is 0 Å². The molecule has 0 aliphatic carbocycles. The van der Waals surface area contributed by atoms with Gasteiger partial charge in [-0.2, -0.15) is 0 Å². The van der Waals surface area contributed by atoms with Crippen LogP contribution in [0.2, 0.25) is 5.15 Å². The summed E-state index contributed by atoms with van der Waals surface area (Å²) in [6.45, 7) is 2.68. The number of ether oxygens (including phenoxy) is 1. The molecule has 1 aliphatic rings. The number of hydrogen-bond donors (Lipinski definition) is 0. The molecule has 1 aromatic heterocycles. The Morgan fingerprint density at radius 1 is 1.73 bits per heavy atom. The Balaban J connectivity index is 2.50. The summed E-state index contributed by atoms with van der Waals surface area (Å²) < 4.78 is 5.38. The molecule has 1 aliphatic heterocycles. The third-order valence-electron chi connectivity index (χ3n) is 1.92. The van der Waals surface area contributed by atoms with Crippen molar-refractivity contribution >= 4 is 11.6 Å². The van der Waals surface area contributed by atoms with Crippen molar-refractivity contribution in [2.75, 3.05) is 0 Å². The molecule has 0 aromatic carbocycles. The smallest absolute Gasteiger partial charge is 0.129 e. The van der Waals surface area contributed by atoms with Gasteiger partial charge in [-0.05, 0) is 18.6 Å². The van der Waals surface area contributed by atoms with Crippen LogP contribution >= 0.6 is 11.6 Å². The summed E-state index contributed by atoms with van der Waals surface area (Å²) in [4.78, 5) is 3.99. The van der Waals surface area contributed by atoms with E-state index in [1.54, 1.807) is 6.20 Å². The topological polar surface area (TPSA) is 22.1 Å². The minimum Gasteiger partial charge on any atom is -0.369 e. The van der Waals surface area contributed by atoms with Crippen LogP contribution < -0.4 is 0 Å². The fraction of sp³-hybridized carbons (Fsp3) is 0.375. The minimum absolute atomic E-state index is 0.176. The normalized spacial score (nSPS) is 21.8. The Kier molecular flexibility index (Phi) is 1.59. The van der Waals surface area contributed by atoms with E-state index in [0.717, 1.165) is 11.1 Å². The second-order valence-electron chi connectivity index (χ2n) is 2.66. The van der Waals surface area contributed by atoms with E-state index in [9.17, 15) is 0 Å². The largest absolute Gasteiger partial charge is 0.369 e. The van der Waals surface area contributed by atoms with Gasteiger partial charge in [0.1, 0.15) is 5.15 Å². The second kappa shape index (κ2) is 2.47. The lowest BCUT2D eigenvalue weighted by Gasteiger charge is -2.00. The third kappa shape index (κ3) is 1.12. The standard InChI is InChI=1S/C8H8ClNO/c1-5-7-3-10-8(9)2-6(7)4-11-5/h2-3,5H,4H2,1H3/t5-/m1/s1. The molecule has 58 valence electrons. The Bertz CT molecular complexity index is 287. The first-order chi connectivity index (χ1) is 5.27. The number of nitrogens with zero attached hydrogens (tertiary/aromatic N) is 1. The number of hydrogen-bond acceptors (Lipinski definition) is 2. The number of pyridine rings is 1. The van der Waals surface area contributed by atoms with E-state index >= 15 is 0 Å². The van der Waals surface area contributed by atoms with E-state index in [0.29, 0.717) is 11.8 Å². The molecule has 0 saturated heterocycles. The number of aromatic nitrogens is 1. The number of fused-ring (bicyclic) bond motifs is 1. The average molecular weight is 170 g/mol. The van der Waals surface area contributed by atoms with Crippen molar-refractivity contribution in [3.63, 3.8) is 0 Å². The molecule has 3 heteroatoms. The SMILES string of the molecule is C[C@H]1OCc2cc(Cl)ncc21. The highest BCUT2D eigenvalue weighted by molar-refractivity contribution is 6.29. The molecule has 0 amide bonds. The highest BCUT2D eigenvalue weighted by atomic mass is 35.5. The maximum absolute atomic E-state index is 5.70. The molecule has 11 heavy (non-hydrogen) atoms. The van der Waals surface area contributed by atoms with Crippen molar-refractivity contribution in [3.05, 3.63) is 28.5 Å². The second-order valence-corrected chi connectivity index (χ2v) is 3.05. The van der Waals surface area contributed by atoms with E-state index in [2.05, 4.69) is 4.98 Å². The van der Waals surface area contributed by atoms with Crippen LogP contribution in [0.25, 0.3) is 0 Å². The van der Waals surface area contributed by atoms with Crippen molar-refractivity contribution in [1.29, 1.82) is 0 Å². The molecule has 0 fully saturated rings.